The fourth-order valence-electron chi connectivity index (χ4n) is 5.44. The summed E-state index contributed by atoms with van der Waals surface area (Å²) in [6, 6.07) is 0. The standard InChI is InChI=1S/C23H30/c1-11-14(4)20-16(6)12(2)18(8)22-19(9)13(3)17(7)21(15(11)5)23(20,22)10/h1-10H3. The third kappa shape index (κ3) is 1.67. The predicted octanol–water partition coefficient (Wildman–Crippen LogP) is 6.99. The summed E-state index contributed by atoms with van der Waals surface area (Å²) in [5, 5.41) is 0. The van der Waals surface area contributed by atoms with E-state index in [4.69, 9.17) is 0 Å². The van der Waals surface area contributed by atoms with Crippen LogP contribution in [0.2, 0.25) is 0 Å². The van der Waals surface area contributed by atoms with E-state index in [9.17, 15) is 0 Å². The summed E-state index contributed by atoms with van der Waals surface area (Å²) in [5.74, 6) is 0. The maximum atomic E-state index is 2.46. The molecule has 0 aromatic carbocycles. The minimum Gasteiger partial charge on any atom is -0.0472 e. The maximum Gasteiger partial charge on any atom is 0.0439 e. The first-order valence-electron chi connectivity index (χ1n) is 8.75. The van der Waals surface area contributed by atoms with Gasteiger partial charge in [0.05, 0.1) is 0 Å². The van der Waals surface area contributed by atoms with Crippen molar-refractivity contribution in [2.75, 3.05) is 0 Å². The van der Waals surface area contributed by atoms with Gasteiger partial charge in [-0.05, 0) is 136 Å². The molecular formula is C23H30. The molecule has 3 aliphatic carbocycles. The third-order valence-electron chi connectivity index (χ3n) is 7.12. The molecule has 0 heterocycles. The number of rotatable bonds is 0. The molecule has 0 spiro atoms. The van der Waals surface area contributed by atoms with E-state index in [-0.39, 0.29) is 5.41 Å². The van der Waals surface area contributed by atoms with Gasteiger partial charge in [0.25, 0.3) is 0 Å². The second kappa shape index (κ2) is 4.72. The van der Waals surface area contributed by atoms with E-state index < -0.39 is 0 Å². The zero-order valence-corrected chi connectivity index (χ0v) is 16.5. The quantitative estimate of drug-likeness (QED) is 0.452. The van der Waals surface area contributed by atoms with Crippen molar-refractivity contribution >= 4 is 0 Å². The summed E-state index contributed by atoms with van der Waals surface area (Å²) < 4.78 is 0. The van der Waals surface area contributed by atoms with Gasteiger partial charge >= 0.3 is 0 Å². The lowest BCUT2D eigenvalue weighted by Gasteiger charge is -2.51. The van der Waals surface area contributed by atoms with Gasteiger partial charge in [0.2, 0.25) is 0 Å². The third-order valence-corrected chi connectivity index (χ3v) is 7.12. The Labute approximate surface area is 142 Å². The minimum atomic E-state index is 0.0228. The first-order chi connectivity index (χ1) is 10.6. The molecule has 122 valence electrons. The SMILES string of the molecule is CC1=C(C)C2=C(C)C(C)=C(C)C3=C(C)C(C)=C(C)C(=C1C)C23C. The van der Waals surface area contributed by atoms with Crippen LogP contribution in [-0.2, 0) is 0 Å². The van der Waals surface area contributed by atoms with E-state index in [2.05, 4.69) is 69.2 Å². The molecule has 0 radical (unpaired) electrons. The Kier molecular flexibility index (Phi) is 3.35. The molecule has 0 heteroatoms. The molecular weight excluding hydrogens is 276 g/mol. The summed E-state index contributed by atoms with van der Waals surface area (Å²) in [6.45, 7) is 23.3. The van der Waals surface area contributed by atoms with Crippen molar-refractivity contribution in [3.63, 3.8) is 0 Å². The van der Waals surface area contributed by atoms with Gasteiger partial charge in [0, 0.05) is 5.41 Å². The van der Waals surface area contributed by atoms with Crippen LogP contribution in [0.1, 0.15) is 69.2 Å². The molecule has 0 aromatic heterocycles. The molecule has 0 saturated carbocycles. The fourth-order valence-corrected chi connectivity index (χ4v) is 5.44. The van der Waals surface area contributed by atoms with Gasteiger partial charge in [0.1, 0.15) is 0 Å². The minimum absolute atomic E-state index is 0.0228. The highest BCUT2D eigenvalue weighted by atomic mass is 14.5. The van der Waals surface area contributed by atoms with Crippen LogP contribution in [0.3, 0.4) is 0 Å². The van der Waals surface area contributed by atoms with Crippen LogP contribution in [0.25, 0.3) is 0 Å². The van der Waals surface area contributed by atoms with E-state index >= 15 is 0 Å². The van der Waals surface area contributed by atoms with Crippen LogP contribution in [0.15, 0.2) is 66.9 Å². The highest BCUT2D eigenvalue weighted by molar-refractivity contribution is 5.77. The molecule has 0 atom stereocenters. The Morgan fingerprint density at radius 1 is 0.348 bits per heavy atom. The molecule has 3 aliphatic rings. The van der Waals surface area contributed by atoms with Gasteiger partial charge < -0.3 is 0 Å². The summed E-state index contributed by atoms with van der Waals surface area (Å²) in [5.41, 5.74) is 18.0. The molecule has 0 nitrogen and oxygen atoms in total. The Morgan fingerprint density at radius 3 is 0.783 bits per heavy atom. The number of hydrogen-bond acceptors (Lipinski definition) is 0. The number of allylic oxidation sites excluding steroid dienone is 12. The number of hydrogen-bond donors (Lipinski definition) is 0. The zero-order chi connectivity index (χ0) is 17.4. The Morgan fingerprint density at radius 2 is 0.565 bits per heavy atom. The molecule has 3 rings (SSSR count). The average Bonchev–Trinajstić information content (AvgIpc) is 2.48. The molecule has 0 amide bonds. The van der Waals surface area contributed by atoms with Gasteiger partial charge in [-0.15, -0.1) is 0 Å². The van der Waals surface area contributed by atoms with Crippen molar-refractivity contribution < 1.29 is 0 Å². The average molecular weight is 306 g/mol. The van der Waals surface area contributed by atoms with Crippen molar-refractivity contribution in [3.8, 4) is 0 Å². The van der Waals surface area contributed by atoms with E-state index in [1.807, 2.05) is 0 Å². The highest BCUT2D eigenvalue weighted by Crippen LogP contribution is 2.62. The van der Waals surface area contributed by atoms with Crippen LogP contribution in [0.4, 0.5) is 0 Å². The topological polar surface area (TPSA) is 0 Å². The van der Waals surface area contributed by atoms with Crippen molar-refractivity contribution in [2.45, 2.75) is 69.2 Å². The van der Waals surface area contributed by atoms with Crippen molar-refractivity contribution in [3.05, 3.63) is 66.9 Å². The maximum absolute atomic E-state index is 2.46. The first-order valence-corrected chi connectivity index (χ1v) is 8.75. The van der Waals surface area contributed by atoms with Gasteiger partial charge in [-0.2, -0.15) is 0 Å². The van der Waals surface area contributed by atoms with Crippen LogP contribution in [0.5, 0.6) is 0 Å². The molecule has 0 fully saturated rings. The van der Waals surface area contributed by atoms with Crippen LogP contribution in [0, 0.1) is 5.41 Å². The monoisotopic (exact) mass is 306 g/mol. The van der Waals surface area contributed by atoms with Crippen LogP contribution in [-0.4, -0.2) is 0 Å². The fraction of sp³-hybridized carbons (Fsp3) is 0.478. The Hall–Kier alpha value is -1.56. The summed E-state index contributed by atoms with van der Waals surface area (Å²) in [7, 11) is 0. The molecule has 0 bridgehead atoms. The largest absolute Gasteiger partial charge is 0.0472 e. The Balaban J connectivity index is 2.62. The second-order valence-corrected chi connectivity index (χ2v) is 7.88. The first kappa shape index (κ1) is 16.3. The molecule has 23 heavy (non-hydrogen) atoms. The van der Waals surface area contributed by atoms with E-state index in [1.165, 1.54) is 50.2 Å². The van der Waals surface area contributed by atoms with Crippen LogP contribution >= 0.6 is 0 Å². The summed E-state index contributed by atoms with van der Waals surface area (Å²) >= 11 is 0. The van der Waals surface area contributed by atoms with E-state index in [0.29, 0.717) is 0 Å². The zero-order valence-electron chi connectivity index (χ0n) is 16.5. The lowest BCUT2D eigenvalue weighted by Crippen LogP contribution is -2.37. The van der Waals surface area contributed by atoms with Crippen LogP contribution < -0.4 is 0 Å². The van der Waals surface area contributed by atoms with Crippen molar-refractivity contribution in [1.82, 2.24) is 0 Å². The molecule has 0 aliphatic heterocycles. The molecule has 0 N–H and O–H groups in total. The molecule has 0 saturated heterocycles. The second-order valence-electron chi connectivity index (χ2n) is 7.88. The van der Waals surface area contributed by atoms with E-state index in [1.54, 1.807) is 16.7 Å². The van der Waals surface area contributed by atoms with Gasteiger partial charge in [-0.3, -0.25) is 0 Å². The predicted molar refractivity (Wildman–Crippen MR) is 101 cm³/mol. The lowest BCUT2D eigenvalue weighted by molar-refractivity contribution is 0.547. The van der Waals surface area contributed by atoms with Gasteiger partial charge in [-0.25, -0.2) is 0 Å². The van der Waals surface area contributed by atoms with Crippen molar-refractivity contribution in [1.29, 1.82) is 0 Å². The lowest BCUT2D eigenvalue weighted by atomic mass is 9.52. The smallest absolute Gasteiger partial charge is 0.0439 e. The Bertz CT molecular complexity index is 726. The summed E-state index contributed by atoms with van der Waals surface area (Å²) in [6.07, 6.45) is 0. The van der Waals surface area contributed by atoms with Gasteiger partial charge in [-0.1, -0.05) is 0 Å². The normalized spacial score (nSPS) is 24.3. The highest BCUT2D eigenvalue weighted by Gasteiger charge is 2.49. The molecule has 0 aromatic rings. The van der Waals surface area contributed by atoms with E-state index in [0.717, 1.165) is 0 Å². The van der Waals surface area contributed by atoms with Crippen molar-refractivity contribution in [2.24, 2.45) is 5.41 Å². The molecule has 0 unspecified atom stereocenters. The summed E-state index contributed by atoms with van der Waals surface area (Å²) in [4.78, 5) is 0. The van der Waals surface area contributed by atoms with Gasteiger partial charge in [0.15, 0.2) is 0 Å².